The maximum absolute atomic E-state index is 5.86. The molecule has 0 fully saturated rings. The van der Waals surface area contributed by atoms with Crippen molar-refractivity contribution in [3.63, 3.8) is 0 Å². The number of halogens is 2. The van der Waals surface area contributed by atoms with Crippen LogP contribution in [-0.2, 0) is 11.0 Å². The van der Waals surface area contributed by atoms with E-state index in [1.54, 1.807) is 0 Å². The average molecular weight is 403 g/mol. The van der Waals surface area contributed by atoms with Crippen LogP contribution in [0.3, 0.4) is 0 Å². The second-order valence-electron chi connectivity index (χ2n) is 3.66. The topological polar surface area (TPSA) is 9.23 Å². The van der Waals surface area contributed by atoms with E-state index in [0.29, 0.717) is 6.61 Å². The van der Waals surface area contributed by atoms with Crippen LogP contribution in [0.4, 0.5) is 0 Å². The van der Waals surface area contributed by atoms with Crippen molar-refractivity contribution in [1.82, 2.24) is 0 Å². The summed E-state index contributed by atoms with van der Waals surface area (Å²) >= 11 is 5.82. The average Bonchev–Trinajstić information content (AvgIpc) is 2.38. The summed E-state index contributed by atoms with van der Waals surface area (Å²) in [6.07, 6.45) is 0. The Kier molecular flexibility index (Phi) is 4.86. The van der Waals surface area contributed by atoms with Crippen molar-refractivity contribution in [2.75, 3.05) is 0 Å². The molecule has 2 rings (SSSR count). The van der Waals surface area contributed by atoms with Gasteiger partial charge in [0.05, 0.1) is 0 Å². The first-order valence-electron chi connectivity index (χ1n) is 5.30. The lowest BCUT2D eigenvalue weighted by atomic mass is 10.2. The Hall–Kier alpha value is -0.550. The molecule has 0 aliphatic carbocycles. The summed E-state index contributed by atoms with van der Waals surface area (Å²) in [6, 6.07) is 16.4. The van der Waals surface area contributed by atoms with Crippen LogP contribution in [0, 0.1) is 0 Å². The molecule has 0 bridgehead atoms. The third-order valence-electron chi connectivity index (χ3n) is 2.41. The standard InChI is InChI=1S/C14H12BrIO/c15-13-7-6-12(9-16)14(8-13)17-10-11-4-2-1-3-5-11/h1-8H,9-10H2. The van der Waals surface area contributed by atoms with E-state index in [4.69, 9.17) is 4.74 Å². The van der Waals surface area contributed by atoms with Crippen LogP contribution in [0.15, 0.2) is 53.0 Å². The van der Waals surface area contributed by atoms with Crippen molar-refractivity contribution in [1.29, 1.82) is 0 Å². The lowest BCUT2D eigenvalue weighted by molar-refractivity contribution is 0.304. The van der Waals surface area contributed by atoms with Gasteiger partial charge in [-0.05, 0) is 17.7 Å². The van der Waals surface area contributed by atoms with E-state index in [-0.39, 0.29) is 0 Å². The molecule has 17 heavy (non-hydrogen) atoms. The van der Waals surface area contributed by atoms with Crippen LogP contribution in [0.2, 0.25) is 0 Å². The quantitative estimate of drug-likeness (QED) is 0.518. The molecule has 0 radical (unpaired) electrons. The van der Waals surface area contributed by atoms with Crippen molar-refractivity contribution in [3.8, 4) is 5.75 Å². The lowest BCUT2D eigenvalue weighted by Crippen LogP contribution is -1.97. The number of hydrogen-bond donors (Lipinski definition) is 0. The van der Waals surface area contributed by atoms with Crippen LogP contribution >= 0.6 is 38.5 Å². The molecule has 0 N–H and O–H groups in total. The molecule has 2 aromatic carbocycles. The molecule has 0 aliphatic heterocycles. The molecule has 2 aromatic rings. The highest BCUT2D eigenvalue weighted by Gasteiger charge is 2.03. The Labute approximate surface area is 123 Å². The molecule has 0 spiro atoms. The molecule has 0 aliphatic rings. The number of benzene rings is 2. The summed E-state index contributed by atoms with van der Waals surface area (Å²) < 4.78 is 7.86. The third kappa shape index (κ3) is 3.71. The van der Waals surface area contributed by atoms with Gasteiger partial charge >= 0.3 is 0 Å². The predicted octanol–water partition coefficient (Wildman–Crippen LogP) is 4.96. The zero-order valence-corrected chi connectivity index (χ0v) is 12.9. The summed E-state index contributed by atoms with van der Waals surface area (Å²) in [7, 11) is 0. The van der Waals surface area contributed by atoms with Crippen molar-refractivity contribution in [3.05, 3.63) is 64.1 Å². The van der Waals surface area contributed by atoms with E-state index in [9.17, 15) is 0 Å². The number of alkyl halides is 1. The van der Waals surface area contributed by atoms with Gasteiger partial charge in [0.15, 0.2) is 0 Å². The number of hydrogen-bond acceptors (Lipinski definition) is 1. The lowest BCUT2D eigenvalue weighted by Gasteiger charge is -2.10. The molecule has 0 saturated carbocycles. The van der Waals surface area contributed by atoms with Crippen LogP contribution in [-0.4, -0.2) is 0 Å². The molecule has 0 saturated heterocycles. The third-order valence-corrected chi connectivity index (χ3v) is 3.73. The largest absolute Gasteiger partial charge is 0.489 e. The second-order valence-corrected chi connectivity index (χ2v) is 5.34. The van der Waals surface area contributed by atoms with Gasteiger partial charge in [0.1, 0.15) is 12.4 Å². The van der Waals surface area contributed by atoms with Crippen molar-refractivity contribution < 1.29 is 4.74 Å². The van der Waals surface area contributed by atoms with Crippen LogP contribution in [0.5, 0.6) is 5.75 Å². The number of ether oxygens (including phenoxy) is 1. The molecule has 88 valence electrons. The van der Waals surface area contributed by atoms with Gasteiger partial charge in [0.2, 0.25) is 0 Å². The van der Waals surface area contributed by atoms with Gasteiger partial charge in [-0.1, -0.05) is 74.9 Å². The monoisotopic (exact) mass is 402 g/mol. The van der Waals surface area contributed by atoms with E-state index >= 15 is 0 Å². The van der Waals surface area contributed by atoms with Crippen LogP contribution in [0.25, 0.3) is 0 Å². The minimum absolute atomic E-state index is 0.612. The molecule has 0 heterocycles. The summed E-state index contributed by atoms with van der Waals surface area (Å²) in [5.41, 5.74) is 2.41. The highest BCUT2D eigenvalue weighted by molar-refractivity contribution is 14.1. The minimum Gasteiger partial charge on any atom is -0.489 e. The van der Waals surface area contributed by atoms with Crippen molar-refractivity contribution in [2.24, 2.45) is 0 Å². The summed E-state index contributed by atoms with van der Waals surface area (Å²) in [6.45, 7) is 0.612. The summed E-state index contributed by atoms with van der Waals surface area (Å²) in [5.74, 6) is 0.956. The highest BCUT2D eigenvalue weighted by atomic mass is 127. The molecule has 3 heteroatoms. The van der Waals surface area contributed by atoms with Gasteiger partial charge in [0.25, 0.3) is 0 Å². The molecule has 1 nitrogen and oxygen atoms in total. The van der Waals surface area contributed by atoms with Gasteiger partial charge in [-0.2, -0.15) is 0 Å². The fourth-order valence-corrected chi connectivity index (χ4v) is 2.48. The van der Waals surface area contributed by atoms with E-state index in [1.807, 2.05) is 30.3 Å². The summed E-state index contributed by atoms with van der Waals surface area (Å²) in [4.78, 5) is 0. The maximum atomic E-state index is 5.86. The Morgan fingerprint density at radius 3 is 2.53 bits per heavy atom. The second kappa shape index (κ2) is 6.40. The van der Waals surface area contributed by atoms with Crippen molar-refractivity contribution in [2.45, 2.75) is 11.0 Å². The van der Waals surface area contributed by atoms with E-state index < -0.39 is 0 Å². The molecular formula is C14H12BrIO. The predicted molar refractivity (Wildman–Crippen MR) is 82.6 cm³/mol. The van der Waals surface area contributed by atoms with E-state index in [0.717, 1.165) is 14.6 Å². The number of rotatable bonds is 4. The Morgan fingerprint density at radius 1 is 1.06 bits per heavy atom. The fraction of sp³-hybridized carbons (Fsp3) is 0.143. The van der Waals surface area contributed by atoms with Gasteiger partial charge in [-0.25, -0.2) is 0 Å². The van der Waals surface area contributed by atoms with Gasteiger partial charge in [0, 0.05) is 14.5 Å². The molecule has 0 unspecified atom stereocenters. The SMILES string of the molecule is Brc1ccc(CI)c(OCc2ccccc2)c1. The smallest absolute Gasteiger partial charge is 0.124 e. The Balaban J connectivity index is 2.11. The fourth-order valence-electron chi connectivity index (χ4n) is 1.51. The van der Waals surface area contributed by atoms with Crippen LogP contribution in [0.1, 0.15) is 11.1 Å². The minimum atomic E-state index is 0.612. The van der Waals surface area contributed by atoms with E-state index in [1.165, 1.54) is 11.1 Å². The normalized spacial score (nSPS) is 10.2. The molecule has 0 amide bonds. The highest BCUT2D eigenvalue weighted by Crippen LogP contribution is 2.26. The van der Waals surface area contributed by atoms with Gasteiger partial charge < -0.3 is 4.74 Å². The van der Waals surface area contributed by atoms with Gasteiger partial charge in [-0.3, -0.25) is 0 Å². The molecule has 0 atom stereocenters. The van der Waals surface area contributed by atoms with Crippen LogP contribution < -0.4 is 4.74 Å². The zero-order valence-electron chi connectivity index (χ0n) is 9.20. The first-order valence-corrected chi connectivity index (χ1v) is 7.62. The van der Waals surface area contributed by atoms with Gasteiger partial charge in [-0.15, -0.1) is 0 Å². The molecule has 0 aromatic heterocycles. The van der Waals surface area contributed by atoms with E-state index in [2.05, 4.69) is 56.7 Å². The zero-order chi connectivity index (χ0) is 12.1. The van der Waals surface area contributed by atoms with Crippen molar-refractivity contribution >= 4 is 38.5 Å². The Morgan fingerprint density at radius 2 is 1.82 bits per heavy atom. The molecular weight excluding hydrogens is 391 g/mol. The first kappa shape index (κ1) is 12.9. The summed E-state index contributed by atoms with van der Waals surface area (Å²) in [5, 5.41) is 0. The first-order chi connectivity index (χ1) is 8.29. The Bertz CT molecular complexity index is 485. The maximum Gasteiger partial charge on any atom is 0.124 e.